The van der Waals surface area contributed by atoms with Crippen molar-refractivity contribution in [3.63, 3.8) is 0 Å². The molecule has 2 aliphatic carbocycles. The third-order valence-corrected chi connectivity index (χ3v) is 6.91. The summed E-state index contributed by atoms with van der Waals surface area (Å²) in [6, 6.07) is 6.53. The van der Waals surface area contributed by atoms with E-state index in [1.807, 2.05) is 0 Å². The van der Waals surface area contributed by atoms with Gasteiger partial charge in [0.2, 0.25) is 10.0 Å². The summed E-state index contributed by atoms with van der Waals surface area (Å²) in [5.74, 6) is 1.03. The summed E-state index contributed by atoms with van der Waals surface area (Å²) in [4.78, 5) is 12.7. The molecule has 0 spiro atoms. The van der Waals surface area contributed by atoms with Crippen LogP contribution in [-0.4, -0.2) is 39.6 Å². The first kappa shape index (κ1) is 17.9. The van der Waals surface area contributed by atoms with Gasteiger partial charge in [0, 0.05) is 24.8 Å². The maximum absolute atomic E-state index is 12.6. The maximum Gasteiger partial charge on any atom is 0.251 e. The van der Waals surface area contributed by atoms with E-state index < -0.39 is 10.0 Å². The van der Waals surface area contributed by atoms with Crippen molar-refractivity contribution in [1.29, 1.82) is 0 Å². The molecule has 3 fully saturated rings. The van der Waals surface area contributed by atoms with Crippen molar-refractivity contribution in [2.75, 3.05) is 13.2 Å². The molecule has 26 heavy (non-hydrogen) atoms. The van der Waals surface area contributed by atoms with Crippen LogP contribution in [0.25, 0.3) is 0 Å². The van der Waals surface area contributed by atoms with Gasteiger partial charge in [0.05, 0.1) is 11.0 Å². The lowest BCUT2D eigenvalue weighted by molar-refractivity contribution is 0.0926. The van der Waals surface area contributed by atoms with Crippen molar-refractivity contribution >= 4 is 15.9 Å². The van der Waals surface area contributed by atoms with E-state index in [9.17, 15) is 13.2 Å². The average molecular weight is 378 g/mol. The van der Waals surface area contributed by atoms with Crippen LogP contribution in [0.5, 0.6) is 0 Å². The Bertz CT molecular complexity index is 753. The first-order chi connectivity index (χ1) is 12.5. The Kier molecular flexibility index (Phi) is 5.03. The molecule has 1 unspecified atom stereocenters. The minimum Gasteiger partial charge on any atom is -0.377 e. The molecule has 1 aromatic rings. The van der Waals surface area contributed by atoms with Gasteiger partial charge in [-0.05, 0) is 68.6 Å². The monoisotopic (exact) mass is 378 g/mol. The molecule has 0 aromatic heterocycles. The number of amides is 1. The predicted octanol–water partition coefficient (Wildman–Crippen LogP) is 2.06. The summed E-state index contributed by atoms with van der Waals surface area (Å²) in [7, 11) is -3.65. The first-order valence-corrected chi connectivity index (χ1v) is 11.0. The third-order valence-electron chi connectivity index (χ3n) is 5.49. The van der Waals surface area contributed by atoms with Crippen molar-refractivity contribution in [3.05, 3.63) is 29.8 Å². The molecule has 2 N–H and O–H groups in total. The van der Waals surface area contributed by atoms with Gasteiger partial charge < -0.3 is 10.1 Å². The van der Waals surface area contributed by atoms with Crippen LogP contribution in [0.4, 0.5) is 0 Å². The third kappa shape index (κ3) is 4.27. The topological polar surface area (TPSA) is 84.5 Å². The molecule has 4 rings (SSSR count). The van der Waals surface area contributed by atoms with E-state index in [0.717, 1.165) is 12.8 Å². The van der Waals surface area contributed by atoms with Gasteiger partial charge in [0.1, 0.15) is 0 Å². The number of benzene rings is 1. The van der Waals surface area contributed by atoms with Gasteiger partial charge in [-0.2, -0.15) is 0 Å². The van der Waals surface area contributed by atoms with Gasteiger partial charge in [-0.3, -0.25) is 4.79 Å². The zero-order chi connectivity index (χ0) is 18.1. The smallest absolute Gasteiger partial charge is 0.251 e. The number of hydrogen-bond donors (Lipinski definition) is 2. The van der Waals surface area contributed by atoms with E-state index >= 15 is 0 Å². The molecule has 142 valence electrons. The fourth-order valence-electron chi connectivity index (χ4n) is 3.66. The molecular formula is C19H26N2O4S. The average Bonchev–Trinajstić information content (AvgIpc) is 3.57. The van der Waals surface area contributed by atoms with Crippen LogP contribution in [0.1, 0.15) is 48.9 Å². The second kappa shape index (κ2) is 7.29. The highest BCUT2D eigenvalue weighted by Crippen LogP contribution is 2.44. The Hall–Kier alpha value is -1.44. The van der Waals surface area contributed by atoms with Gasteiger partial charge in [0.25, 0.3) is 5.91 Å². The Balaban J connectivity index is 1.42. The van der Waals surface area contributed by atoms with Crippen molar-refractivity contribution < 1.29 is 17.9 Å². The van der Waals surface area contributed by atoms with Crippen molar-refractivity contribution in [2.24, 2.45) is 11.8 Å². The predicted molar refractivity (Wildman–Crippen MR) is 97.3 cm³/mol. The number of nitrogens with one attached hydrogen (secondary N) is 2. The molecule has 0 radical (unpaired) electrons. The Morgan fingerprint density at radius 1 is 1.15 bits per heavy atom. The molecule has 1 heterocycles. The fraction of sp³-hybridized carbons (Fsp3) is 0.632. The van der Waals surface area contributed by atoms with E-state index in [1.54, 1.807) is 12.1 Å². The minimum atomic E-state index is -3.65. The van der Waals surface area contributed by atoms with Crippen LogP contribution >= 0.6 is 0 Å². The van der Waals surface area contributed by atoms with E-state index in [0.29, 0.717) is 24.0 Å². The minimum absolute atomic E-state index is 0.0610. The molecule has 1 aromatic carbocycles. The van der Waals surface area contributed by atoms with Crippen LogP contribution < -0.4 is 10.0 Å². The lowest BCUT2D eigenvalue weighted by atomic mass is 10.1. The standard InChI is InChI=1S/C19H26N2O4S/c22-19(21-18(13-6-7-13)14-8-9-14)15-3-1-5-17(11-15)26(23,24)20-12-16-4-2-10-25-16/h1,3,5,11,13-14,16,18,20H,2,4,6-10,12H2,(H,21,22). The summed E-state index contributed by atoms with van der Waals surface area (Å²) in [5, 5.41) is 3.14. The molecule has 1 amide bonds. The van der Waals surface area contributed by atoms with E-state index in [1.165, 1.54) is 37.8 Å². The van der Waals surface area contributed by atoms with Gasteiger partial charge in [-0.15, -0.1) is 0 Å². The molecular weight excluding hydrogens is 352 g/mol. The largest absolute Gasteiger partial charge is 0.377 e. The highest BCUT2D eigenvalue weighted by Gasteiger charge is 2.42. The molecule has 2 saturated carbocycles. The van der Waals surface area contributed by atoms with Crippen LogP contribution in [0, 0.1) is 11.8 Å². The number of carbonyl (C=O) groups is 1. The summed E-state index contributed by atoms with van der Waals surface area (Å²) in [5.41, 5.74) is 0.399. The highest BCUT2D eigenvalue weighted by atomic mass is 32.2. The summed E-state index contributed by atoms with van der Waals surface area (Å²) in [6.45, 7) is 0.954. The maximum atomic E-state index is 12.6. The van der Waals surface area contributed by atoms with E-state index in [2.05, 4.69) is 10.0 Å². The molecule has 1 saturated heterocycles. The van der Waals surface area contributed by atoms with Gasteiger partial charge >= 0.3 is 0 Å². The SMILES string of the molecule is O=C(NC(C1CC1)C1CC1)c1cccc(S(=O)(=O)NCC2CCCO2)c1. The zero-order valence-corrected chi connectivity index (χ0v) is 15.6. The van der Waals surface area contributed by atoms with Crippen molar-refractivity contribution in [2.45, 2.75) is 55.6 Å². The zero-order valence-electron chi connectivity index (χ0n) is 14.8. The Morgan fingerprint density at radius 2 is 1.88 bits per heavy atom. The first-order valence-electron chi connectivity index (χ1n) is 9.55. The molecule has 1 aliphatic heterocycles. The number of hydrogen-bond acceptors (Lipinski definition) is 4. The lowest BCUT2D eigenvalue weighted by Crippen LogP contribution is -2.38. The van der Waals surface area contributed by atoms with Gasteiger partial charge in [0.15, 0.2) is 0 Å². The lowest BCUT2D eigenvalue weighted by Gasteiger charge is -2.18. The van der Waals surface area contributed by atoms with Crippen LogP contribution in [0.15, 0.2) is 29.2 Å². The molecule has 3 aliphatic rings. The highest BCUT2D eigenvalue weighted by molar-refractivity contribution is 7.89. The Morgan fingerprint density at radius 3 is 2.50 bits per heavy atom. The van der Waals surface area contributed by atoms with Crippen LogP contribution in [0.3, 0.4) is 0 Å². The second-order valence-electron chi connectivity index (χ2n) is 7.69. The number of ether oxygens (including phenoxy) is 1. The number of sulfonamides is 1. The summed E-state index contributed by atoms with van der Waals surface area (Å²) >= 11 is 0. The van der Waals surface area contributed by atoms with Crippen LogP contribution in [0.2, 0.25) is 0 Å². The summed E-state index contributed by atoms with van der Waals surface area (Å²) < 4.78 is 33.1. The van der Waals surface area contributed by atoms with Gasteiger partial charge in [-0.25, -0.2) is 13.1 Å². The fourth-order valence-corrected chi connectivity index (χ4v) is 4.77. The molecule has 6 nitrogen and oxygen atoms in total. The normalized spacial score (nSPS) is 23.3. The van der Waals surface area contributed by atoms with Crippen molar-refractivity contribution in [1.82, 2.24) is 10.0 Å². The van der Waals surface area contributed by atoms with E-state index in [4.69, 9.17) is 4.74 Å². The van der Waals surface area contributed by atoms with Gasteiger partial charge in [-0.1, -0.05) is 6.07 Å². The van der Waals surface area contributed by atoms with E-state index in [-0.39, 0.29) is 29.5 Å². The molecule has 7 heteroatoms. The van der Waals surface area contributed by atoms with Crippen LogP contribution in [-0.2, 0) is 14.8 Å². The Labute approximate surface area is 154 Å². The number of carbonyl (C=O) groups excluding carboxylic acids is 1. The molecule has 0 bridgehead atoms. The second-order valence-corrected chi connectivity index (χ2v) is 9.46. The van der Waals surface area contributed by atoms with Crippen molar-refractivity contribution in [3.8, 4) is 0 Å². The number of rotatable bonds is 8. The quantitative estimate of drug-likeness (QED) is 0.725. The molecule has 1 atom stereocenters. The summed E-state index contributed by atoms with van der Waals surface area (Å²) in [6.07, 6.45) is 6.51.